The largest absolute Gasteiger partial charge is 0.416 e. The normalized spacial score (nSPS) is 22.7. The van der Waals surface area contributed by atoms with E-state index in [1.807, 2.05) is 0 Å². The second-order valence-electron chi connectivity index (χ2n) is 4.19. The Kier molecular flexibility index (Phi) is 3.68. The van der Waals surface area contributed by atoms with Gasteiger partial charge < -0.3 is 5.11 Å². The maximum absolute atomic E-state index is 12.5. The maximum atomic E-state index is 12.5. The Morgan fingerprint density at radius 1 is 1.35 bits per heavy atom. The van der Waals surface area contributed by atoms with Crippen LogP contribution < -0.4 is 0 Å². The third-order valence-corrected chi connectivity index (χ3v) is 4.16. The molecular weight excluding hydrogens is 249 g/mol. The maximum Gasteiger partial charge on any atom is 0.416 e. The van der Waals surface area contributed by atoms with Gasteiger partial charge in [-0.25, -0.2) is 0 Å². The van der Waals surface area contributed by atoms with Gasteiger partial charge in [0.25, 0.3) is 0 Å². The lowest BCUT2D eigenvalue weighted by molar-refractivity contribution is -0.137. The Balaban J connectivity index is 2.20. The van der Waals surface area contributed by atoms with E-state index >= 15 is 0 Å². The summed E-state index contributed by atoms with van der Waals surface area (Å²) in [5, 5.41) is 10.0. The molecule has 1 heterocycles. The SMILES string of the molecule is OC(c1cccc(C(F)(F)F)c1)C1CCSC1. The number of hydrogen-bond acceptors (Lipinski definition) is 2. The van der Waals surface area contributed by atoms with Gasteiger partial charge in [-0.2, -0.15) is 24.9 Å². The van der Waals surface area contributed by atoms with E-state index in [2.05, 4.69) is 0 Å². The summed E-state index contributed by atoms with van der Waals surface area (Å²) in [4.78, 5) is 0. The molecule has 1 N–H and O–H groups in total. The van der Waals surface area contributed by atoms with Crippen LogP contribution in [0.25, 0.3) is 0 Å². The van der Waals surface area contributed by atoms with Gasteiger partial charge in [0.1, 0.15) is 0 Å². The zero-order valence-electron chi connectivity index (χ0n) is 9.07. The van der Waals surface area contributed by atoms with Gasteiger partial charge in [-0.3, -0.25) is 0 Å². The summed E-state index contributed by atoms with van der Waals surface area (Å²) in [5.74, 6) is 1.86. The van der Waals surface area contributed by atoms with Gasteiger partial charge in [0.15, 0.2) is 0 Å². The van der Waals surface area contributed by atoms with Gasteiger partial charge >= 0.3 is 6.18 Å². The van der Waals surface area contributed by atoms with E-state index in [-0.39, 0.29) is 5.92 Å². The van der Waals surface area contributed by atoms with Crippen LogP contribution in [0.5, 0.6) is 0 Å². The average Bonchev–Trinajstić information content (AvgIpc) is 2.80. The zero-order valence-corrected chi connectivity index (χ0v) is 9.89. The Labute approximate surface area is 102 Å². The number of benzene rings is 1. The van der Waals surface area contributed by atoms with Crippen LogP contribution in [0.1, 0.15) is 23.7 Å². The molecule has 17 heavy (non-hydrogen) atoms. The van der Waals surface area contributed by atoms with Gasteiger partial charge in [0.2, 0.25) is 0 Å². The zero-order chi connectivity index (χ0) is 12.5. The number of halogens is 3. The first-order valence-corrected chi connectivity index (χ1v) is 6.57. The molecular formula is C12H13F3OS. The van der Waals surface area contributed by atoms with Crippen LogP contribution in [0.15, 0.2) is 24.3 Å². The molecule has 94 valence electrons. The average molecular weight is 262 g/mol. The Morgan fingerprint density at radius 2 is 2.12 bits per heavy atom. The minimum absolute atomic E-state index is 0.0727. The van der Waals surface area contributed by atoms with Crippen LogP contribution in [0, 0.1) is 5.92 Å². The van der Waals surface area contributed by atoms with E-state index in [4.69, 9.17) is 0 Å². The van der Waals surface area contributed by atoms with Crippen LogP contribution in [0.4, 0.5) is 13.2 Å². The summed E-state index contributed by atoms with van der Waals surface area (Å²) in [6.45, 7) is 0. The highest BCUT2D eigenvalue weighted by Crippen LogP contribution is 2.36. The molecule has 0 saturated carbocycles. The quantitative estimate of drug-likeness (QED) is 0.880. The fraction of sp³-hybridized carbons (Fsp3) is 0.500. The fourth-order valence-electron chi connectivity index (χ4n) is 1.97. The van der Waals surface area contributed by atoms with Gasteiger partial charge in [0.05, 0.1) is 11.7 Å². The summed E-state index contributed by atoms with van der Waals surface area (Å²) in [6.07, 6.45) is -4.27. The van der Waals surface area contributed by atoms with Gasteiger partial charge in [0, 0.05) is 0 Å². The molecule has 0 bridgehead atoms. The van der Waals surface area contributed by atoms with Gasteiger partial charge in [-0.15, -0.1) is 0 Å². The number of thioether (sulfide) groups is 1. The number of aliphatic hydroxyl groups is 1. The first kappa shape index (κ1) is 12.8. The van der Waals surface area contributed by atoms with E-state index in [0.29, 0.717) is 5.56 Å². The molecule has 1 saturated heterocycles. The molecule has 1 aliphatic rings. The molecule has 5 heteroatoms. The van der Waals surface area contributed by atoms with Crippen molar-refractivity contribution in [2.45, 2.75) is 18.7 Å². The Bertz CT molecular complexity index is 386. The number of alkyl halides is 3. The minimum Gasteiger partial charge on any atom is -0.388 e. The van der Waals surface area contributed by atoms with Crippen LogP contribution in [0.2, 0.25) is 0 Å². The topological polar surface area (TPSA) is 20.2 Å². The molecule has 1 fully saturated rings. The summed E-state index contributed by atoms with van der Waals surface area (Å²) >= 11 is 1.73. The lowest BCUT2D eigenvalue weighted by atomic mass is 9.94. The van der Waals surface area contributed by atoms with Gasteiger partial charge in [-0.1, -0.05) is 12.1 Å². The van der Waals surface area contributed by atoms with Crippen molar-refractivity contribution in [1.82, 2.24) is 0 Å². The highest BCUT2D eigenvalue weighted by Gasteiger charge is 2.32. The lowest BCUT2D eigenvalue weighted by Crippen LogP contribution is -2.13. The Hall–Kier alpha value is -0.680. The predicted molar refractivity (Wildman–Crippen MR) is 61.8 cm³/mol. The van der Waals surface area contributed by atoms with Crippen molar-refractivity contribution in [2.24, 2.45) is 5.92 Å². The molecule has 1 aromatic rings. The fourth-order valence-corrected chi connectivity index (χ4v) is 3.26. The van der Waals surface area contributed by atoms with E-state index in [0.717, 1.165) is 30.1 Å². The van der Waals surface area contributed by atoms with Crippen molar-refractivity contribution in [3.8, 4) is 0 Å². The predicted octanol–water partition coefficient (Wildman–Crippen LogP) is 3.49. The van der Waals surface area contributed by atoms with Crippen molar-refractivity contribution in [3.05, 3.63) is 35.4 Å². The number of hydrogen-bond donors (Lipinski definition) is 1. The van der Waals surface area contributed by atoms with Crippen LogP contribution in [-0.4, -0.2) is 16.6 Å². The van der Waals surface area contributed by atoms with Crippen molar-refractivity contribution >= 4 is 11.8 Å². The molecule has 0 aliphatic carbocycles. The highest BCUT2D eigenvalue weighted by atomic mass is 32.2. The molecule has 2 rings (SSSR count). The lowest BCUT2D eigenvalue weighted by Gasteiger charge is -2.18. The number of rotatable bonds is 2. The van der Waals surface area contributed by atoms with Crippen molar-refractivity contribution in [1.29, 1.82) is 0 Å². The smallest absolute Gasteiger partial charge is 0.388 e. The van der Waals surface area contributed by atoms with E-state index in [1.165, 1.54) is 6.07 Å². The second kappa shape index (κ2) is 4.90. The van der Waals surface area contributed by atoms with Gasteiger partial charge in [-0.05, 0) is 41.5 Å². The van der Waals surface area contributed by atoms with Crippen LogP contribution in [0.3, 0.4) is 0 Å². The first-order valence-electron chi connectivity index (χ1n) is 5.41. The van der Waals surface area contributed by atoms with E-state index in [9.17, 15) is 18.3 Å². The van der Waals surface area contributed by atoms with Crippen molar-refractivity contribution < 1.29 is 18.3 Å². The summed E-state index contributed by atoms with van der Waals surface area (Å²) in [7, 11) is 0. The molecule has 2 atom stereocenters. The summed E-state index contributed by atoms with van der Waals surface area (Å²) in [6, 6.07) is 4.99. The molecule has 0 radical (unpaired) electrons. The monoisotopic (exact) mass is 262 g/mol. The third kappa shape index (κ3) is 2.96. The molecule has 0 spiro atoms. The number of aliphatic hydroxyl groups excluding tert-OH is 1. The molecule has 1 aliphatic heterocycles. The molecule has 0 amide bonds. The van der Waals surface area contributed by atoms with Crippen molar-refractivity contribution in [3.63, 3.8) is 0 Å². The molecule has 0 aromatic heterocycles. The van der Waals surface area contributed by atoms with Crippen LogP contribution >= 0.6 is 11.8 Å². The second-order valence-corrected chi connectivity index (χ2v) is 5.34. The molecule has 1 aromatic carbocycles. The molecule has 1 nitrogen and oxygen atoms in total. The minimum atomic E-state index is -4.35. The third-order valence-electron chi connectivity index (χ3n) is 2.97. The summed E-state index contributed by atoms with van der Waals surface area (Å²) < 4.78 is 37.6. The van der Waals surface area contributed by atoms with E-state index < -0.39 is 17.8 Å². The Morgan fingerprint density at radius 3 is 2.71 bits per heavy atom. The standard InChI is InChI=1S/C12H13F3OS/c13-12(14,15)10-3-1-2-8(6-10)11(16)9-4-5-17-7-9/h1-3,6,9,11,16H,4-5,7H2. The van der Waals surface area contributed by atoms with Crippen molar-refractivity contribution in [2.75, 3.05) is 11.5 Å². The first-order chi connectivity index (χ1) is 7.98. The van der Waals surface area contributed by atoms with Crippen LogP contribution in [-0.2, 0) is 6.18 Å². The molecule has 2 unspecified atom stereocenters. The summed E-state index contributed by atoms with van der Waals surface area (Å²) in [5.41, 5.74) is -0.327. The highest BCUT2D eigenvalue weighted by molar-refractivity contribution is 7.99. The van der Waals surface area contributed by atoms with E-state index in [1.54, 1.807) is 17.8 Å².